The van der Waals surface area contributed by atoms with Crippen LogP contribution in [0.2, 0.25) is 0 Å². The third-order valence-electron chi connectivity index (χ3n) is 6.11. The van der Waals surface area contributed by atoms with Gasteiger partial charge in [0.05, 0.1) is 34.8 Å². The molecule has 2 aromatic rings. The number of aliphatic hydroxyl groups is 1. The van der Waals surface area contributed by atoms with E-state index in [4.69, 9.17) is 5.10 Å². The number of aliphatic hydroxyl groups excluding tert-OH is 1. The second-order valence-corrected chi connectivity index (χ2v) is 7.49. The molecule has 0 spiro atoms. The summed E-state index contributed by atoms with van der Waals surface area (Å²) < 4.78 is 2.21. The molecule has 24 heavy (non-hydrogen) atoms. The van der Waals surface area contributed by atoms with E-state index in [2.05, 4.69) is 35.9 Å². The number of hydrogen-bond donors (Lipinski definition) is 1. The zero-order chi connectivity index (χ0) is 16.7. The van der Waals surface area contributed by atoms with Crippen molar-refractivity contribution >= 4 is 10.9 Å². The molecule has 4 rings (SSSR count). The van der Waals surface area contributed by atoms with Crippen LogP contribution in [0.1, 0.15) is 69.2 Å². The van der Waals surface area contributed by atoms with E-state index in [0.717, 1.165) is 30.5 Å². The Morgan fingerprint density at radius 2 is 2.04 bits per heavy atom. The zero-order valence-electron chi connectivity index (χ0n) is 14.3. The molecule has 2 aliphatic carbocycles. The van der Waals surface area contributed by atoms with E-state index in [-0.39, 0.29) is 6.10 Å². The first-order chi connectivity index (χ1) is 11.7. The predicted octanol–water partition coefficient (Wildman–Crippen LogP) is 4.02. The summed E-state index contributed by atoms with van der Waals surface area (Å²) in [6, 6.07) is 9.59. The van der Waals surface area contributed by atoms with Crippen LogP contribution >= 0.6 is 0 Å². The predicted molar refractivity (Wildman–Crippen MR) is 93.8 cm³/mol. The van der Waals surface area contributed by atoms with Crippen LogP contribution in [0.4, 0.5) is 0 Å². The van der Waals surface area contributed by atoms with Crippen molar-refractivity contribution in [1.82, 2.24) is 9.78 Å². The van der Waals surface area contributed by atoms with Crippen molar-refractivity contribution in [2.24, 2.45) is 0 Å². The summed E-state index contributed by atoms with van der Waals surface area (Å²) in [4.78, 5) is 0. The topological polar surface area (TPSA) is 61.8 Å². The Bertz CT molecular complexity index is 789. The number of fused-ring (bicyclic) bond motifs is 1. The number of aromatic nitrogens is 2. The monoisotopic (exact) mass is 323 g/mol. The van der Waals surface area contributed by atoms with Gasteiger partial charge in [0.1, 0.15) is 0 Å². The molecule has 0 saturated heterocycles. The Kier molecular flexibility index (Phi) is 3.85. The minimum atomic E-state index is -0.450. The van der Waals surface area contributed by atoms with Crippen molar-refractivity contribution in [3.05, 3.63) is 29.5 Å². The highest BCUT2D eigenvalue weighted by Gasteiger charge is 2.37. The summed E-state index contributed by atoms with van der Waals surface area (Å²) in [5, 5.41) is 25.8. The van der Waals surface area contributed by atoms with Crippen molar-refractivity contribution < 1.29 is 5.11 Å². The molecular formula is C20H25N3O. The minimum absolute atomic E-state index is 0.248. The molecule has 1 aromatic heterocycles. The summed E-state index contributed by atoms with van der Waals surface area (Å²) in [7, 11) is 0. The highest BCUT2D eigenvalue weighted by Crippen LogP contribution is 2.41. The molecule has 0 amide bonds. The fraction of sp³-hybridized carbons (Fsp3) is 0.600. The summed E-state index contributed by atoms with van der Waals surface area (Å²) in [6.07, 6.45) is 7.31. The van der Waals surface area contributed by atoms with E-state index in [1.807, 2.05) is 0 Å². The molecule has 126 valence electrons. The third kappa shape index (κ3) is 2.34. The summed E-state index contributed by atoms with van der Waals surface area (Å²) in [6.45, 7) is 2.15. The van der Waals surface area contributed by atoms with Crippen LogP contribution in [-0.2, 0) is 11.8 Å². The average molecular weight is 323 g/mol. The molecular weight excluding hydrogens is 298 g/mol. The number of rotatable bonds is 3. The Morgan fingerprint density at radius 3 is 2.62 bits per heavy atom. The van der Waals surface area contributed by atoms with Gasteiger partial charge in [-0.15, -0.1) is 0 Å². The van der Waals surface area contributed by atoms with Crippen LogP contribution in [0.15, 0.2) is 18.2 Å². The first-order valence-corrected chi connectivity index (χ1v) is 9.28. The minimum Gasteiger partial charge on any atom is -0.393 e. The van der Waals surface area contributed by atoms with Gasteiger partial charge in [-0.2, -0.15) is 10.4 Å². The first kappa shape index (κ1) is 15.7. The van der Waals surface area contributed by atoms with Gasteiger partial charge in [-0.1, -0.05) is 19.1 Å². The molecule has 0 atom stereocenters. The van der Waals surface area contributed by atoms with Gasteiger partial charge < -0.3 is 5.11 Å². The number of nitriles is 1. The Balaban J connectivity index is 1.81. The standard InChI is InChI=1S/C20H25N3O/c1-2-18-17-7-6-14(20(13-21)10-8-16(24)9-11-20)12-19(17)23(22-18)15-4-3-5-15/h6-7,12,15-16,24H,2-5,8-11H2,1H3/t16-,20+. The molecule has 1 heterocycles. The largest absolute Gasteiger partial charge is 0.393 e. The lowest BCUT2D eigenvalue weighted by Gasteiger charge is -2.33. The van der Waals surface area contributed by atoms with E-state index in [1.165, 1.54) is 30.2 Å². The van der Waals surface area contributed by atoms with Gasteiger partial charge in [-0.05, 0) is 63.0 Å². The molecule has 1 N–H and O–H groups in total. The molecule has 0 radical (unpaired) electrons. The van der Waals surface area contributed by atoms with Crippen LogP contribution in [-0.4, -0.2) is 21.0 Å². The van der Waals surface area contributed by atoms with Crippen LogP contribution in [0.25, 0.3) is 10.9 Å². The fourth-order valence-electron chi connectivity index (χ4n) is 4.23. The van der Waals surface area contributed by atoms with Crippen molar-refractivity contribution in [3.63, 3.8) is 0 Å². The van der Waals surface area contributed by atoms with Crippen LogP contribution in [0.5, 0.6) is 0 Å². The maximum Gasteiger partial charge on any atom is 0.0825 e. The van der Waals surface area contributed by atoms with E-state index >= 15 is 0 Å². The van der Waals surface area contributed by atoms with Crippen LogP contribution < -0.4 is 0 Å². The molecule has 1 aromatic carbocycles. The number of hydrogen-bond acceptors (Lipinski definition) is 3. The summed E-state index contributed by atoms with van der Waals surface area (Å²) >= 11 is 0. The molecule has 2 fully saturated rings. The third-order valence-corrected chi connectivity index (χ3v) is 6.11. The van der Waals surface area contributed by atoms with Gasteiger partial charge in [-0.25, -0.2) is 0 Å². The van der Waals surface area contributed by atoms with Crippen molar-refractivity contribution in [1.29, 1.82) is 5.26 Å². The van der Waals surface area contributed by atoms with E-state index in [1.54, 1.807) is 0 Å². The lowest BCUT2D eigenvalue weighted by Crippen LogP contribution is -2.32. The quantitative estimate of drug-likeness (QED) is 0.928. The maximum atomic E-state index is 9.89. The number of nitrogens with zero attached hydrogens (tertiary/aromatic N) is 3. The summed E-state index contributed by atoms with van der Waals surface area (Å²) in [5.74, 6) is 0. The lowest BCUT2D eigenvalue weighted by atomic mass is 9.69. The summed E-state index contributed by atoms with van der Waals surface area (Å²) in [5.41, 5.74) is 3.00. The number of benzene rings is 1. The van der Waals surface area contributed by atoms with Gasteiger partial charge in [0.25, 0.3) is 0 Å². The molecule has 0 unspecified atom stereocenters. The van der Waals surface area contributed by atoms with Crippen LogP contribution in [0, 0.1) is 11.3 Å². The highest BCUT2D eigenvalue weighted by molar-refractivity contribution is 5.83. The SMILES string of the molecule is CCc1nn(C2CCC2)c2cc([C@]3(C#N)CC[C@H](O)CC3)ccc12. The zero-order valence-corrected chi connectivity index (χ0v) is 14.3. The van der Waals surface area contributed by atoms with Gasteiger partial charge in [-0.3, -0.25) is 4.68 Å². The van der Waals surface area contributed by atoms with Crippen molar-refractivity contribution in [3.8, 4) is 6.07 Å². The van der Waals surface area contributed by atoms with Gasteiger partial charge in [0.15, 0.2) is 0 Å². The molecule has 0 aliphatic heterocycles. The van der Waals surface area contributed by atoms with Gasteiger partial charge in [0, 0.05) is 5.39 Å². The first-order valence-electron chi connectivity index (χ1n) is 9.28. The molecule has 4 heteroatoms. The van der Waals surface area contributed by atoms with E-state index in [9.17, 15) is 10.4 Å². The average Bonchev–Trinajstić information content (AvgIpc) is 2.92. The van der Waals surface area contributed by atoms with Crippen LogP contribution in [0.3, 0.4) is 0 Å². The molecule has 4 nitrogen and oxygen atoms in total. The fourth-order valence-corrected chi connectivity index (χ4v) is 4.23. The van der Waals surface area contributed by atoms with E-state index in [0.29, 0.717) is 18.9 Å². The lowest BCUT2D eigenvalue weighted by molar-refractivity contribution is 0.109. The Labute approximate surface area is 143 Å². The second kappa shape index (κ2) is 5.89. The smallest absolute Gasteiger partial charge is 0.0825 e. The Morgan fingerprint density at radius 1 is 1.29 bits per heavy atom. The number of aryl methyl sites for hydroxylation is 1. The van der Waals surface area contributed by atoms with Gasteiger partial charge >= 0.3 is 0 Å². The highest BCUT2D eigenvalue weighted by atomic mass is 16.3. The van der Waals surface area contributed by atoms with Crippen molar-refractivity contribution in [2.75, 3.05) is 0 Å². The normalized spacial score (nSPS) is 27.8. The Hall–Kier alpha value is -1.86. The van der Waals surface area contributed by atoms with Gasteiger partial charge in [0.2, 0.25) is 0 Å². The van der Waals surface area contributed by atoms with Crippen molar-refractivity contribution in [2.45, 2.75) is 75.9 Å². The van der Waals surface area contributed by atoms with E-state index < -0.39 is 5.41 Å². The second-order valence-electron chi connectivity index (χ2n) is 7.49. The maximum absolute atomic E-state index is 9.89. The molecule has 2 saturated carbocycles. The molecule has 0 bridgehead atoms. The molecule has 2 aliphatic rings.